The normalized spacial score (nSPS) is 14.7. The lowest BCUT2D eigenvalue weighted by atomic mass is 9.96. The van der Waals surface area contributed by atoms with E-state index in [-0.39, 0.29) is 5.97 Å². The molecule has 1 atom stereocenters. The molecule has 5 nitrogen and oxygen atoms in total. The van der Waals surface area contributed by atoms with E-state index in [4.69, 9.17) is 4.74 Å². The molecule has 114 valence electrons. The fourth-order valence-corrected chi connectivity index (χ4v) is 1.80. The van der Waals surface area contributed by atoms with Crippen LogP contribution in [-0.4, -0.2) is 75.7 Å². The van der Waals surface area contributed by atoms with Crippen LogP contribution in [0.15, 0.2) is 0 Å². The second-order valence-corrected chi connectivity index (χ2v) is 5.51. The Labute approximate surface area is 118 Å². The summed E-state index contributed by atoms with van der Waals surface area (Å²) in [5, 5.41) is 3.09. The SMILES string of the molecule is CCOC(=O)C(C)(CCCN(C)CCN(C)C)NC. The van der Waals surface area contributed by atoms with Crippen LogP contribution >= 0.6 is 0 Å². The van der Waals surface area contributed by atoms with Crippen LogP contribution in [0.2, 0.25) is 0 Å². The summed E-state index contributed by atoms with van der Waals surface area (Å²) in [6, 6.07) is 0. The highest BCUT2D eigenvalue weighted by Gasteiger charge is 2.32. The first-order valence-electron chi connectivity index (χ1n) is 7.05. The fourth-order valence-electron chi connectivity index (χ4n) is 1.80. The number of carbonyl (C=O) groups excluding carboxylic acids is 1. The Morgan fingerprint density at radius 1 is 1.21 bits per heavy atom. The van der Waals surface area contributed by atoms with Gasteiger partial charge in [-0.2, -0.15) is 0 Å². The lowest BCUT2D eigenvalue weighted by Gasteiger charge is -2.28. The van der Waals surface area contributed by atoms with Gasteiger partial charge in [0.15, 0.2) is 0 Å². The van der Waals surface area contributed by atoms with Gasteiger partial charge in [0.1, 0.15) is 5.54 Å². The molecule has 0 bridgehead atoms. The number of rotatable bonds is 10. The van der Waals surface area contributed by atoms with Crippen molar-refractivity contribution in [1.82, 2.24) is 15.1 Å². The van der Waals surface area contributed by atoms with Crippen LogP contribution in [0.4, 0.5) is 0 Å². The standard InChI is InChI=1S/C14H31N3O2/c1-7-19-13(18)14(2,15-3)9-8-10-17(6)12-11-16(4)5/h15H,7-12H2,1-6H3. The van der Waals surface area contributed by atoms with Gasteiger partial charge in [-0.05, 0) is 61.4 Å². The maximum absolute atomic E-state index is 11.9. The summed E-state index contributed by atoms with van der Waals surface area (Å²) in [7, 11) is 8.08. The molecule has 0 aliphatic heterocycles. The van der Waals surface area contributed by atoms with E-state index < -0.39 is 5.54 Å². The first-order valence-corrected chi connectivity index (χ1v) is 7.05. The predicted molar refractivity (Wildman–Crippen MR) is 79.4 cm³/mol. The van der Waals surface area contributed by atoms with E-state index in [0.29, 0.717) is 6.61 Å². The van der Waals surface area contributed by atoms with Crippen molar-refractivity contribution in [2.75, 3.05) is 54.4 Å². The van der Waals surface area contributed by atoms with Crippen molar-refractivity contribution in [3.05, 3.63) is 0 Å². The summed E-state index contributed by atoms with van der Waals surface area (Å²) in [5.41, 5.74) is -0.571. The smallest absolute Gasteiger partial charge is 0.326 e. The molecule has 0 amide bonds. The van der Waals surface area contributed by atoms with E-state index in [1.54, 1.807) is 0 Å². The third-order valence-electron chi connectivity index (χ3n) is 3.42. The summed E-state index contributed by atoms with van der Waals surface area (Å²) >= 11 is 0. The molecule has 0 aromatic rings. The van der Waals surface area contributed by atoms with Gasteiger partial charge >= 0.3 is 5.97 Å². The molecule has 5 heteroatoms. The summed E-state index contributed by atoms with van der Waals surface area (Å²) in [6.45, 7) is 7.26. The monoisotopic (exact) mass is 273 g/mol. The first-order chi connectivity index (χ1) is 8.85. The molecule has 0 aromatic heterocycles. The van der Waals surface area contributed by atoms with Crippen molar-refractivity contribution in [2.45, 2.75) is 32.2 Å². The number of ether oxygens (including phenoxy) is 1. The number of esters is 1. The summed E-state index contributed by atoms with van der Waals surface area (Å²) in [5.74, 6) is -0.159. The fraction of sp³-hybridized carbons (Fsp3) is 0.929. The predicted octanol–water partition coefficient (Wildman–Crippen LogP) is 0.801. The van der Waals surface area contributed by atoms with Crippen LogP contribution < -0.4 is 5.32 Å². The summed E-state index contributed by atoms with van der Waals surface area (Å²) < 4.78 is 5.11. The van der Waals surface area contributed by atoms with E-state index >= 15 is 0 Å². The van der Waals surface area contributed by atoms with E-state index in [1.807, 2.05) is 20.9 Å². The number of hydrogen-bond acceptors (Lipinski definition) is 5. The maximum Gasteiger partial charge on any atom is 0.326 e. The van der Waals surface area contributed by atoms with Gasteiger partial charge in [-0.25, -0.2) is 0 Å². The van der Waals surface area contributed by atoms with Gasteiger partial charge in [0.25, 0.3) is 0 Å². The zero-order valence-electron chi connectivity index (χ0n) is 13.5. The highest BCUT2D eigenvalue weighted by Crippen LogP contribution is 2.14. The Morgan fingerprint density at radius 3 is 2.32 bits per heavy atom. The van der Waals surface area contributed by atoms with Crippen molar-refractivity contribution in [1.29, 1.82) is 0 Å². The van der Waals surface area contributed by atoms with Gasteiger partial charge in [0.2, 0.25) is 0 Å². The molecule has 0 radical (unpaired) electrons. The molecule has 1 unspecified atom stereocenters. The molecule has 0 spiro atoms. The molecule has 0 rings (SSSR count). The van der Waals surface area contributed by atoms with E-state index in [0.717, 1.165) is 32.5 Å². The van der Waals surface area contributed by atoms with Crippen LogP contribution in [0, 0.1) is 0 Å². The van der Waals surface area contributed by atoms with Crippen LogP contribution in [0.25, 0.3) is 0 Å². The second-order valence-electron chi connectivity index (χ2n) is 5.51. The minimum atomic E-state index is -0.571. The van der Waals surface area contributed by atoms with E-state index in [1.165, 1.54) is 0 Å². The average molecular weight is 273 g/mol. The Balaban J connectivity index is 4.04. The molecule has 0 aliphatic rings. The zero-order valence-corrected chi connectivity index (χ0v) is 13.5. The Kier molecular flexibility index (Phi) is 8.97. The largest absolute Gasteiger partial charge is 0.465 e. The summed E-state index contributed by atoms with van der Waals surface area (Å²) in [6.07, 6.45) is 1.76. The number of hydrogen-bond donors (Lipinski definition) is 1. The van der Waals surface area contributed by atoms with Gasteiger partial charge in [-0.1, -0.05) is 0 Å². The van der Waals surface area contributed by atoms with Gasteiger partial charge in [0.05, 0.1) is 6.61 Å². The number of nitrogens with zero attached hydrogens (tertiary/aromatic N) is 2. The van der Waals surface area contributed by atoms with E-state index in [9.17, 15) is 4.79 Å². The molecule has 19 heavy (non-hydrogen) atoms. The van der Waals surface area contributed by atoms with Crippen molar-refractivity contribution in [3.8, 4) is 0 Å². The molecule has 0 heterocycles. The molecule has 0 saturated heterocycles. The lowest BCUT2D eigenvalue weighted by molar-refractivity contribution is -0.150. The Bertz CT molecular complexity index is 259. The van der Waals surface area contributed by atoms with Crippen LogP contribution in [0.1, 0.15) is 26.7 Å². The summed E-state index contributed by atoms with van der Waals surface area (Å²) in [4.78, 5) is 16.3. The molecule has 0 aromatic carbocycles. The van der Waals surface area contributed by atoms with E-state index in [2.05, 4.69) is 36.3 Å². The molecular formula is C14H31N3O2. The van der Waals surface area contributed by atoms with Crippen molar-refractivity contribution in [2.24, 2.45) is 0 Å². The number of carbonyl (C=O) groups is 1. The van der Waals surface area contributed by atoms with Crippen molar-refractivity contribution < 1.29 is 9.53 Å². The molecular weight excluding hydrogens is 242 g/mol. The van der Waals surface area contributed by atoms with Crippen LogP contribution in [0.3, 0.4) is 0 Å². The number of nitrogens with one attached hydrogen (secondary N) is 1. The topological polar surface area (TPSA) is 44.8 Å². The highest BCUT2D eigenvalue weighted by molar-refractivity contribution is 5.80. The van der Waals surface area contributed by atoms with Gasteiger partial charge in [0, 0.05) is 13.1 Å². The Hall–Kier alpha value is -0.650. The minimum absolute atomic E-state index is 0.159. The third-order valence-corrected chi connectivity index (χ3v) is 3.42. The van der Waals surface area contributed by atoms with Gasteiger partial charge < -0.3 is 19.9 Å². The highest BCUT2D eigenvalue weighted by atomic mass is 16.5. The second kappa shape index (κ2) is 9.28. The lowest BCUT2D eigenvalue weighted by Crippen LogP contribution is -2.49. The molecule has 0 fully saturated rings. The first kappa shape index (κ1) is 18.4. The zero-order chi connectivity index (χ0) is 14.9. The number of likely N-dealkylation sites (N-methyl/N-ethyl adjacent to an activating group) is 3. The van der Waals surface area contributed by atoms with Crippen LogP contribution in [0.5, 0.6) is 0 Å². The van der Waals surface area contributed by atoms with Crippen molar-refractivity contribution >= 4 is 5.97 Å². The quantitative estimate of drug-likeness (QED) is 0.597. The molecule has 0 aliphatic carbocycles. The third kappa shape index (κ3) is 7.50. The van der Waals surface area contributed by atoms with Crippen molar-refractivity contribution in [3.63, 3.8) is 0 Å². The van der Waals surface area contributed by atoms with Gasteiger partial charge in [-0.3, -0.25) is 4.79 Å². The van der Waals surface area contributed by atoms with Gasteiger partial charge in [-0.15, -0.1) is 0 Å². The molecule has 0 saturated carbocycles. The van der Waals surface area contributed by atoms with Crippen LogP contribution in [-0.2, 0) is 9.53 Å². The Morgan fingerprint density at radius 2 is 1.84 bits per heavy atom. The molecule has 1 N–H and O–H groups in total. The average Bonchev–Trinajstić information content (AvgIpc) is 2.36. The maximum atomic E-state index is 11.9. The minimum Gasteiger partial charge on any atom is -0.465 e.